The lowest BCUT2D eigenvalue weighted by Gasteiger charge is -2.15. The van der Waals surface area contributed by atoms with Crippen molar-refractivity contribution in [2.24, 2.45) is 0 Å². The van der Waals surface area contributed by atoms with Gasteiger partial charge in [-0.2, -0.15) is 0 Å². The van der Waals surface area contributed by atoms with E-state index in [1.54, 1.807) is 0 Å². The summed E-state index contributed by atoms with van der Waals surface area (Å²) < 4.78 is 7.58. The first-order valence-electron chi connectivity index (χ1n) is 7.77. The molecule has 3 aromatic rings. The van der Waals surface area contributed by atoms with Crippen molar-refractivity contribution in [1.29, 1.82) is 0 Å². The molecular weight excluding hydrogens is 276 g/mol. The molecule has 0 spiro atoms. The fraction of sp³-hybridized carbons (Fsp3) is 0.412. The highest BCUT2D eigenvalue weighted by Crippen LogP contribution is 2.40. The second-order valence-electron chi connectivity index (χ2n) is 6.24. The number of aromatic nitrogens is 3. The van der Waals surface area contributed by atoms with E-state index in [4.69, 9.17) is 4.52 Å². The zero-order valence-electron chi connectivity index (χ0n) is 13.0. The molecule has 0 aromatic carbocycles. The lowest BCUT2D eigenvalue weighted by molar-refractivity contribution is 0.296. The van der Waals surface area contributed by atoms with Crippen LogP contribution in [0.15, 0.2) is 35.0 Å². The molecule has 1 aliphatic rings. The second kappa shape index (κ2) is 5.25. The highest BCUT2D eigenvalue weighted by Gasteiger charge is 2.28. The van der Waals surface area contributed by atoms with Gasteiger partial charge in [0.05, 0.1) is 17.1 Å². The third-order valence-corrected chi connectivity index (χ3v) is 4.24. The molecule has 1 fully saturated rings. The van der Waals surface area contributed by atoms with Crippen LogP contribution < -0.4 is 0 Å². The summed E-state index contributed by atoms with van der Waals surface area (Å²) in [4.78, 5) is 6.86. The Hall–Kier alpha value is -2.14. The molecule has 1 aliphatic carbocycles. The number of fused-ring (bicyclic) bond motifs is 1. The monoisotopic (exact) mass is 296 g/mol. The molecule has 114 valence electrons. The van der Waals surface area contributed by atoms with Crippen molar-refractivity contribution in [2.45, 2.75) is 38.8 Å². The fourth-order valence-corrected chi connectivity index (χ4v) is 2.91. The van der Waals surface area contributed by atoms with E-state index in [1.807, 2.05) is 18.2 Å². The van der Waals surface area contributed by atoms with Gasteiger partial charge < -0.3 is 8.92 Å². The minimum atomic E-state index is 0.618. The summed E-state index contributed by atoms with van der Waals surface area (Å²) in [5, 5.41) is 4.19. The van der Waals surface area contributed by atoms with Gasteiger partial charge in [-0.15, -0.1) is 0 Å². The number of aryl methyl sites for hydroxylation is 1. The van der Waals surface area contributed by atoms with Gasteiger partial charge in [0.1, 0.15) is 11.4 Å². The Morgan fingerprint density at radius 2 is 2.18 bits per heavy atom. The Kier molecular flexibility index (Phi) is 3.22. The summed E-state index contributed by atoms with van der Waals surface area (Å²) in [6, 6.07) is 8.20. The number of nitrogens with zero attached hydrogens (tertiary/aromatic N) is 4. The van der Waals surface area contributed by atoms with Crippen LogP contribution in [0.5, 0.6) is 0 Å². The van der Waals surface area contributed by atoms with E-state index in [2.05, 4.69) is 45.7 Å². The number of imidazole rings is 1. The molecule has 22 heavy (non-hydrogen) atoms. The van der Waals surface area contributed by atoms with Crippen molar-refractivity contribution in [3.8, 4) is 0 Å². The summed E-state index contributed by atoms with van der Waals surface area (Å²) in [5.74, 6) is 1.67. The first-order chi connectivity index (χ1) is 10.7. The average molecular weight is 296 g/mol. The maximum atomic E-state index is 5.42. The van der Waals surface area contributed by atoms with Crippen molar-refractivity contribution in [3.63, 3.8) is 0 Å². The predicted octanol–water partition coefficient (Wildman–Crippen LogP) is 3.14. The predicted molar refractivity (Wildman–Crippen MR) is 83.6 cm³/mol. The van der Waals surface area contributed by atoms with Crippen molar-refractivity contribution in [2.75, 3.05) is 7.05 Å². The molecule has 5 heteroatoms. The highest BCUT2D eigenvalue weighted by molar-refractivity contribution is 5.42. The largest absolute Gasteiger partial charge is 0.361 e. The second-order valence-corrected chi connectivity index (χ2v) is 6.24. The van der Waals surface area contributed by atoms with Gasteiger partial charge in [-0.25, -0.2) is 4.98 Å². The fourth-order valence-electron chi connectivity index (χ4n) is 2.91. The minimum Gasteiger partial charge on any atom is -0.361 e. The van der Waals surface area contributed by atoms with E-state index in [-0.39, 0.29) is 0 Å². The first kappa shape index (κ1) is 13.5. The lowest BCUT2D eigenvalue weighted by Crippen LogP contribution is -2.19. The summed E-state index contributed by atoms with van der Waals surface area (Å²) >= 11 is 0. The van der Waals surface area contributed by atoms with Crippen molar-refractivity contribution in [1.82, 2.24) is 19.4 Å². The molecule has 0 radical (unpaired) electrons. The number of hydrogen-bond acceptors (Lipinski definition) is 4. The molecule has 1 saturated carbocycles. The van der Waals surface area contributed by atoms with E-state index >= 15 is 0 Å². The van der Waals surface area contributed by atoms with Gasteiger partial charge in [0.15, 0.2) is 0 Å². The molecule has 5 nitrogen and oxygen atoms in total. The third kappa shape index (κ3) is 2.52. The van der Waals surface area contributed by atoms with Crippen LogP contribution in [0, 0.1) is 6.92 Å². The van der Waals surface area contributed by atoms with Crippen LogP contribution in [0.2, 0.25) is 0 Å². The van der Waals surface area contributed by atoms with E-state index < -0.39 is 0 Å². The van der Waals surface area contributed by atoms with E-state index in [0.29, 0.717) is 5.92 Å². The Morgan fingerprint density at radius 3 is 3.00 bits per heavy atom. The molecule has 0 saturated heterocycles. The Balaban J connectivity index is 1.50. The van der Waals surface area contributed by atoms with Crippen molar-refractivity contribution >= 4 is 5.65 Å². The van der Waals surface area contributed by atoms with E-state index in [1.165, 1.54) is 18.5 Å². The van der Waals surface area contributed by atoms with Crippen LogP contribution in [-0.2, 0) is 13.1 Å². The standard InChI is InChI=1S/C17H20N4O/c1-12-15(21-8-4-3-5-17(21)18-12)11-20(2)10-14-9-16(22-19-14)13-6-7-13/h3-5,8-9,13H,6-7,10-11H2,1-2H3. The lowest BCUT2D eigenvalue weighted by atomic mass is 10.2. The number of pyridine rings is 1. The maximum absolute atomic E-state index is 5.42. The van der Waals surface area contributed by atoms with Crippen molar-refractivity contribution < 1.29 is 4.52 Å². The van der Waals surface area contributed by atoms with Gasteiger partial charge in [0.2, 0.25) is 0 Å². The molecule has 4 rings (SSSR count). The minimum absolute atomic E-state index is 0.618. The van der Waals surface area contributed by atoms with Crippen LogP contribution in [0.4, 0.5) is 0 Å². The quantitative estimate of drug-likeness (QED) is 0.725. The zero-order chi connectivity index (χ0) is 15.1. The Bertz CT molecular complexity index is 800. The number of hydrogen-bond donors (Lipinski definition) is 0. The zero-order valence-corrected chi connectivity index (χ0v) is 13.0. The van der Waals surface area contributed by atoms with Crippen LogP contribution in [0.1, 0.15) is 41.6 Å². The third-order valence-electron chi connectivity index (χ3n) is 4.24. The Morgan fingerprint density at radius 1 is 1.32 bits per heavy atom. The molecule has 3 aromatic heterocycles. The van der Waals surface area contributed by atoms with Gasteiger partial charge in [0, 0.05) is 31.3 Å². The topological polar surface area (TPSA) is 46.6 Å². The van der Waals surface area contributed by atoms with Gasteiger partial charge >= 0.3 is 0 Å². The molecule has 0 unspecified atom stereocenters. The summed E-state index contributed by atoms with van der Waals surface area (Å²) in [6.45, 7) is 3.69. The van der Waals surface area contributed by atoms with E-state index in [0.717, 1.165) is 35.9 Å². The molecular formula is C17H20N4O. The van der Waals surface area contributed by atoms with Crippen LogP contribution in [0.25, 0.3) is 5.65 Å². The van der Waals surface area contributed by atoms with Crippen LogP contribution >= 0.6 is 0 Å². The maximum Gasteiger partial charge on any atom is 0.140 e. The van der Waals surface area contributed by atoms with Gasteiger partial charge in [-0.05, 0) is 38.9 Å². The van der Waals surface area contributed by atoms with Crippen LogP contribution in [0.3, 0.4) is 0 Å². The molecule has 3 heterocycles. The van der Waals surface area contributed by atoms with E-state index in [9.17, 15) is 0 Å². The molecule has 0 amide bonds. The summed E-state index contributed by atoms with van der Waals surface area (Å²) in [7, 11) is 2.10. The first-order valence-corrected chi connectivity index (χ1v) is 7.77. The molecule has 0 bridgehead atoms. The van der Waals surface area contributed by atoms with Crippen molar-refractivity contribution in [3.05, 3.63) is 53.3 Å². The Labute approximate surface area is 129 Å². The highest BCUT2D eigenvalue weighted by atomic mass is 16.5. The summed E-state index contributed by atoms with van der Waals surface area (Å²) in [6.07, 6.45) is 4.55. The average Bonchev–Trinajstić information content (AvgIpc) is 3.18. The molecule has 0 atom stereocenters. The van der Waals surface area contributed by atoms with Gasteiger partial charge in [0.25, 0.3) is 0 Å². The van der Waals surface area contributed by atoms with Gasteiger partial charge in [-0.1, -0.05) is 11.2 Å². The SMILES string of the molecule is Cc1nc2ccccn2c1CN(C)Cc1cc(C2CC2)on1. The smallest absolute Gasteiger partial charge is 0.140 e. The normalized spacial score (nSPS) is 15.0. The number of rotatable bonds is 5. The van der Waals surface area contributed by atoms with Gasteiger partial charge in [-0.3, -0.25) is 4.90 Å². The molecule has 0 N–H and O–H groups in total. The van der Waals surface area contributed by atoms with Crippen LogP contribution in [-0.4, -0.2) is 26.5 Å². The summed E-state index contributed by atoms with van der Waals surface area (Å²) in [5.41, 5.74) is 4.32. The molecule has 0 aliphatic heterocycles.